The highest BCUT2D eigenvalue weighted by molar-refractivity contribution is 5.94. The number of aromatic nitrogens is 2. The summed E-state index contributed by atoms with van der Waals surface area (Å²) >= 11 is 0. The van der Waals surface area contributed by atoms with E-state index in [2.05, 4.69) is 20.8 Å². The summed E-state index contributed by atoms with van der Waals surface area (Å²) in [6.45, 7) is 10.5. The summed E-state index contributed by atoms with van der Waals surface area (Å²) in [7, 11) is 1.79. The number of rotatable bonds is 5. The Labute approximate surface area is 207 Å². The average Bonchev–Trinajstić information content (AvgIpc) is 2.83. The summed E-state index contributed by atoms with van der Waals surface area (Å²) in [6.07, 6.45) is 0.610. The van der Waals surface area contributed by atoms with Crippen molar-refractivity contribution < 1.29 is 4.79 Å². The van der Waals surface area contributed by atoms with E-state index in [0.29, 0.717) is 28.7 Å². The first-order valence-corrected chi connectivity index (χ1v) is 12.1. The van der Waals surface area contributed by atoms with E-state index >= 15 is 0 Å². The molecule has 1 heterocycles. The fourth-order valence-electron chi connectivity index (χ4n) is 4.48. The van der Waals surface area contributed by atoms with Gasteiger partial charge in [0, 0.05) is 12.6 Å². The standard InChI is InChI=1S/C30H33N3O2/c1-7-26(32(6)28(34)21-15-17-22(18-16-21)30(3,4)5)27-31-25-14-9-8-13-24(25)29(35)33(27)23-12-10-11-20(2)19-23/h8-19,26H,7H2,1-6H3/t26-/m1/s1. The van der Waals surface area contributed by atoms with Crippen LogP contribution in [-0.4, -0.2) is 27.4 Å². The molecule has 0 bridgehead atoms. The maximum absolute atomic E-state index is 13.7. The number of carbonyl (C=O) groups is 1. The normalized spacial score (nSPS) is 12.5. The van der Waals surface area contributed by atoms with Crippen LogP contribution in [0.2, 0.25) is 0 Å². The molecule has 5 heteroatoms. The molecule has 1 amide bonds. The minimum atomic E-state index is -0.386. The van der Waals surface area contributed by atoms with Gasteiger partial charge >= 0.3 is 0 Å². The van der Waals surface area contributed by atoms with Crippen LogP contribution in [0.25, 0.3) is 16.6 Å². The SMILES string of the molecule is CC[C@H](c1nc2ccccc2c(=O)n1-c1cccc(C)c1)N(C)C(=O)c1ccc(C(C)(C)C)cc1. The number of nitrogens with zero attached hydrogens (tertiary/aromatic N) is 3. The van der Waals surface area contributed by atoms with Crippen LogP contribution in [0.4, 0.5) is 0 Å². The van der Waals surface area contributed by atoms with Crippen LogP contribution in [0.3, 0.4) is 0 Å². The fraction of sp³-hybridized carbons (Fsp3) is 0.300. The summed E-state index contributed by atoms with van der Waals surface area (Å²) in [5.74, 6) is 0.458. The third-order valence-electron chi connectivity index (χ3n) is 6.53. The fourth-order valence-corrected chi connectivity index (χ4v) is 4.48. The van der Waals surface area contributed by atoms with Gasteiger partial charge in [-0.2, -0.15) is 0 Å². The van der Waals surface area contributed by atoms with E-state index in [0.717, 1.165) is 11.3 Å². The van der Waals surface area contributed by atoms with Crippen LogP contribution in [0, 0.1) is 6.92 Å². The van der Waals surface area contributed by atoms with Gasteiger partial charge in [-0.05, 0) is 66.3 Å². The average molecular weight is 468 g/mol. The quantitative estimate of drug-likeness (QED) is 0.350. The second kappa shape index (κ2) is 9.49. The van der Waals surface area contributed by atoms with Gasteiger partial charge in [0.1, 0.15) is 5.82 Å². The van der Waals surface area contributed by atoms with Crippen molar-refractivity contribution in [1.82, 2.24) is 14.5 Å². The number of para-hydroxylation sites is 1. The van der Waals surface area contributed by atoms with Crippen molar-refractivity contribution in [3.8, 4) is 5.69 Å². The number of hydrogen-bond acceptors (Lipinski definition) is 3. The first-order chi connectivity index (χ1) is 16.6. The van der Waals surface area contributed by atoms with Crippen molar-refractivity contribution in [1.29, 1.82) is 0 Å². The van der Waals surface area contributed by atoms with Gasteiger partial charge in [-0.1, -0.05) is 64.1 Å². The number of amides is 1. The van der Waals surface area contributed by atoms with E-state index in [-0.39, 0.29) is 22.9 Å². The summed E-state index contributed by atoms with van der Waals surface area (Å²) in [6, 6.07) is 22.6. The van der Waals surface area contributed by atoms with Gasteiger partial charge in [0.25, 0.3) is 11.5 Å². The lowest BCUT2D eigenvalue weighted by Gasteiger charge is -2.29. The van der Waals surface area contributed by atoms with Gasteiger partial charge in [0.2, 0.25) is 0 Å². The monoisotopic (exact) mass is 467 g/mol. The maximum Gasteiger partial charge on any atom is 0.266 e. The minimum Gasteiger partial charge on any atom is -0.332 e. The van der Waals surface area contributed by atoms with E-state index in [1.54, 1.807) is 22.6 Å². The van der Waals surface area contributed by atoms with Crippen LogP contribution >= 0.6 is 0 Å². The van der Waals surface area contributed by atoms with Gasteiger partial charge in [-0.15, -0.1) is 0 Å². The van der Waals surface area contributed by atoms with Crippen molar-refractivity contribution in [3.63, 3.8) is 0 Å². The summed E-state index contributed by atoms with van der Waals surface area (Å²) in [5.41, 5.74) is 4.09. The van der Waals surface area contributed by atoms with Gasteiger partial charge in [-0.3, -0.25) is 14.2 Å². The Morgan fingerprint density at radius 2 is 1.69 bits per heavy atom. The van der Waals surface area contributed by atoms with Crippen LogP contribution < -0.4 is 5.56 Å². The molecule has 0 spiro atoms. The van der Waals surface area contributed by atoms with Gasteiger partial charge in [-0.25, -0.2) is 4.98 Å². The Hall–Kier alpha value is -3.73. The summed E-state index contributed by atoms with van der Waals surface area (Å²) < 4.78 is 1.66. The third-order valence-corrected chi connectivity index (χ3v) is 6.53. The largest absolute Gasteiger partial charge is 0.332 e. The van der Waals surface area contributed by atoms with E-state index in [1.807, 2.05) is 80.6 Å². The molecule has 0 fully saturated rings. The highest BCUT2D eigenvalue weighted by Gasteiger charge is 2.27. The first kappa shape index (κ1) is 24.4. The maximum atomic E-state index is 13.7. The molecule has 35 heavy (non-hydrogen) atoms. The molecule has 0 aliphatic rings. The number of fused-ring (bicyclic) bond motifs is 1. The van der Waals surface area contributed by atoms with Crippen molar-refractivity contribution in [2.24, 2.45) is 0 Å². The smallest absolute Gasteiger partial charge is 0.266 e. The van der Waals surface area contributed by atoms with Crippen molar-refractivity contribution >= 4 is 16.8 Å². The first-order valence-electron chi connectivity index (χ1n) is 12.1. The van der Waals surface area contributed by atoms with E-state index in [1.165, 1.54) is 5.56 Å². The Balaban J connectivity index is 1.84. The lowest BCUT2D eigenvalue weighted by Crippen LogP contribution is -2.36. The highest BCUT2D eigenvalue weighted by Crippen LogP contribution is 2.27. The van der Waals surface area contributed by atoms with Crippen LogP contribution in [-0.2, 0) is 5.41 Å². The van der Waals surface area contributed by atoms with E-state index in [4.69, 9.17) is 4.98 Å². The summed E-state index contributed by atoms with van der Waals surface area (Å²) in [4.78, 5) is 33.9. The Morgan fingerprint density at radius 1 is 1.00 bits per heavy atom. The molecule has 180 valence electrons. The molecule has 0 N–H and O–H groups in total. The Kier molecular flexibility index (Phi) is 6.62. The predicted octanol–water partition coefficient (Wildman–Crippen LogP) is 6.21. The predicted molar refractivity (Wildman–Crippen MR) is 142 cm³/mol. The molecule has 1 aromatic heterocycles. The number of aryl methyl sites for hydroxylation is 1. The number of benzene rings is 3. The zero-order chi connectivity index (χ0) is 25.3. The zero-order valence-corrected chi connectivity index (χ0v) is 21.4. The molecule has 0 saturated carbocycles. The molecule has 4 rings (SSSR count). The molecule has 5 nitrogen and oxygen atoms in total. The molecule has 0 aliphatic heterocycles. The second-order valence-electron chi connectivity index (χ2n) is 10.1. The van der Waals surface area contributed by atoms with Gasteiger partial charge < -0.3 is 4.90 Å². The van der Waals surface area contributed by atoms with E-state index < -0.39 is 0 Å². The lowest BCUT2D eigenvalue weighted by molar-refractivity contribution is 0.0717. The third kappa shape index (κ3) is 4.76. The van der Waals surface area contributed by atoms with Crippen molar-refractivity contribution in [2.45, 2.75) is 52.5 Å². The summed E-state index contributed by atoms with van der Waals surface area (Å²) in [5, 5.41) is 0.555. The zero-order valence-electron chi connectivity index (χ0n) is 21.4. The van der Waals surface area contributed by atoms with Crippen LogP contribution in [0.1, 0.15) is 67.5 Å². The van der Waals surface area contributed by atoms with Crippen LogP contribution in [0.15, 0.2) is 77.6 Å². The molecule has 0 aliphatic carbocycles. The minimum absolute atomic E-state index is 0.0122. The molecule has 4 aromatic rings. The van der Waals surface area contributed by atoms with Gasteiger partial charge in [0.15, 0.2) is 0 Å². The molecule has 1 atom stereocenters. The van der Waals surface area contributed by atoms with Crippen molar-refractivity contribution in [2.75, 3.05) is 7.05 Å². The Bertz CT molecular complexity index is 1430. The van der Waals surface area contributed by atoms with E-state index in [9.17, 15) is 9.59 Å². The van der Waals surface area contributed by atoms with Gasteiger partial charge in [0.05, 0.1) is 22.6 Å². The lowest BCUT2D eigenvalue weighted by atomic mass is 9.86. The molecular weight excluding hydrogens is 434 g/mol. The molecule has 0 unspecified atom stereocenters. The topological polar surface area (TPSA) is 55.2 Å². The molecule has 3 aromatic carbocycles. The number of hydrogen-bond donors (Lipinski definition) is 0. The molecule has 0 saturated heterocycles. The van der Waals surface area contributed by atoms with Crippen molar-refractivity contribution in [3.05, 3.63) is 106 Å². The molecule has 0 radical (unpaired) electrons. The second-order valence-corrected chi connectivity index (χ2v) is 10.1. The van der Waals surface area contributed by atoms with Crippen LogP contribution in [0.5, 0.6) is 0 Å². The Morgan fingerprint density at radius 3 is 2.31 bits per heavy atom. The highest BCUT2D eigenvalue weighted by atomic mass is 16.2. The molecular formula is C30H33N3O2. The number of carbonyl (C=O) groups excluding carboxylic acids is 1.